The molecule has 1 aliphatic heterocycles. The molecule has 108 valence electrons. The lowest BCUT2D eigenvalue weighted by Crippen LogP contribution is -2.21. The molecule has 0 saturated heterocycles. The van der Waals surface area contributed by atoms with E-state index < -0.39 is 5.91 Å². The van der Waals surface area contributed by atoms with E-state index in [0.717, 1.165) is 21.1 Å². The molecule has 7 heteroatoms. The van der Waals surface area contributed by atoms with Crippen LogP contribution in [0.3, 0.4) is 0 Å². The summed E-state index contributed by atoms with van der Waals surface area (Å²) in [6.07, 6.45) is 2.26. The lowest BCUT2D eigenvalue weighted by molar-refractivity contribution is -0.114. The minimum absolute atomic E-state index is 0.404. The van der Waals surface area contributed by atoms with E-state index in [1.807, 2.05) is 18.2 Å². The summed E-state index contributed by atoms with van der Waals surface area (Å²) in [4.78, 5) is 20.0. The summed E-state index contributed by atoms with van der Waals surface area (Å²) in [6.45, 7) is 0.551. The normalized spacial score (nSPS) is 14.5. The fourth-order valence-corrected chi connectivity index (χ4v) is 2.95. The number of fused-ring (bicyclic) bond motifs is 1. The Morgan fingerprint density at radius 2 is 2.33 bits per heavy atom. The third kappa shape index (κ3) is 2.87. The van der Waals surface area contributed by atoms with Crippen LogP contribution in [0, 0.1) is 0 Å². The number of hydrogen-bond acceptors (Lipinski definition) is 6. The second kappa shape index (κ2) is 5.53. The Balaban J connectivity index is 1.85. The van der Waals surface area contributed by atoms with Gasteiger partial charge in [0.05, 0.1) is 17.3 Å². The summed E-state index contributed by atoms with van der Waals surface area (Å²) in [5.41, 5.74) is 6.77. The molecular formula is C14H14N4O2S. The van der Waals surface area contributed by atoms with Crippen LogP contribution in [0.4, 0.5) is 5.13 Å². The largest absolute Gasteiger partial charge is 0.497 e. The molecule has 0 radical (unpaired) electrons. The first-order chi connectivity index (χ1) is 10.2. The zero-order valence-electron chi connectivity index (χ0n) is 11.4. The molecule has 3 rings (SSSR count). The van der Waals surface area contributed by atoms with E-state index in [4.69, 9.17) is 10.5 Å². The molecule has 0 unspecified atom stereocenters. The van der Waals surface area contributed by atoms with Crippen molar-refractivity contribution in [2.45, 2.75) is 6.42 Å². The van der Waals surface area contributed by atoms with Crippen LogP contribution < -0.4 is 15.8 Å². The topological polar surface area (TPSA) is 89.6 Å². The molecule has 1 aromatic heterocycles. The number of methoxy groups -OCH3 is 1. The Bertz CT molecular complexity index is 763. The van der Waals surface area contributed by atoms with Gasteiger partial charge in [0.15, 0.2) is 5.13 Å². The third-order valence-electron chi connectivity index (χ3n) is 3.12. The number of hydrogen-bond donors (Lipinski definition) is 2. The minimum atomic E-state index is -0.404. The van der Waals surface area contributed by atoms with E-state index in [1.54, 1.807) is 13.2 Å². The van der Waals surface area contributed by atoms with E-state index in [1.165, 1.54) is 11.3 Å². The van der Waals surface area contributed by atoms with E-state index >= 15 is 0 Å². The highest BCUT2D eigenvalue weighted by molar-refractivity contribution is 7.22. The van der Waals surface area contributed by atoms with Crippen molar-refractivity contribution in [2.24, 2.45) is 10.7 Å². The fraction of sp³-hybridized carbons (Fsp3) is 0.214. The Morgan fingerprint density at radius 3 is 3.10 bits per heavy atom. The SMILES string of the molecule is COc1ccc2nc(NC3=NCCC(C(N)=O)=C3)sc2c1. The number of benzene rings is 1. The van der Waals surface area contributed by atoms with E-state index in [-0.39, 0.29) is 0 Å². The molecule has 21 heavy (non-hydrogen) atoms. The molecule has 0 spiro atoms. The molecule has 0 bridgehead atoms. The van der Waals surface area contributed by atoms with Crippen LogP contribution >= 0.6 is 11.3 Å². The number of amidine groups is 1. The van der Waals surface area contributed by atoms with Gasteiger partial charge in [0.1, 0.15) is 11.6 Å². The summed E-state index contributed by atoms with van der Waals surface area (Å²) in [5.74, 6) is 1.00. The highest BCUT2D eigenvalue weighted by Gasteiger charge is 2.13. The zero-order chi connectivity index (χ0) is 14.8. The number of nitrogens with one attached hydrogen (secondary N) is 1. The molecule has 2 aromatic rings. The predicted octanol–water partition coefficient (Wildman–Crippen LogP) is 1.93. The van der Waals surface area contributed by atoms with Crippen molar-refractivity contribution >= 4 is 38.4 Å². The molecule has 0 fully saturated rings. The standard InChI is InChI=1S/C14H14N4O2S/c1-20-9-2-3-10-11(7-9)21-14(17-10)18-12-6-8(13(15)19)4-5-16-12/h2-3,6-7H,4-5H2,1H3,(H2,15,19)(H,16,17,18). The van der Waals surface area contributed by atoms with Gasteiger partial charge in [-0.1, -0.05) is 11.3 Å². The van der Waals surface area contributed by atoms with Crippen LogP contribution in [0.1, 0.15) is 6.42 Å². The first-order valence-corrected chi connectivity index (χ1v) is 7.24. The van der Waals surface area contributed by atoms with E-state index in [2.05, 4.69) is 15.3 Å². The van der Waals surface area contributed by atoms with Crippen molar-refractivity contribution in [1.82, 2.24) is 4.98 Å². The lowest BCUT2D eigenvalue weighted by Gasteiger charge is -2.10. The molecule has 0 atom stereocenters. The number of thiazole rings is 1. The number of carbonyl (C=O) groups excluding carboxylic acids is 1. The average Bonchev–Trinajstić information content (AvgIpc) is 2.88. The van der Waals surface area contributed by atoms with Crippen LogP contribution in [0.5, 0.6) is 5.75 Å². The summed E-state index contributed by atoms with van der Waals surface area (Å²) in [6, 6.07) is 5.71. The third-order valence-corrected chi connectivity index (χ3v) is 4.05. The first-order valence-electron chi connectivity index (χ1n) is 6.42. The second-order valence-corrected chi connectivity index (χ2v) is 5.56. The average molecular weight is 302 g/mol. The second-order valence-electron chi connectivity index (χ2n) is 4.53. The number of nitrogens with zero attached hydrogens (tertiary/aromatic N) is 2. The van der Waals surface area contributed by atoms with Crippen molar-refractivity contribution in [3.63, 3.8) is 0 Å². The number of ether oxygens (including phenoxy) is 1. The molecule has 0 aliphatic carbocycles. The molecule has 1 amide bonds. The zero-order valence-corrected chi connectivity index (χ0v) is 12.2. The molecule has 1 aliphatic rings. The van der Waals surface area contributed by atoms with Crippen molar-refractivity contribution in [3.05, 3.63) is 29.8 Å². The molecule has 6 nitrogen and oxygen atoms in total. The number of dihydropyridines is 1. The van der Waals surface area contributed by atoms with Gasteiger partial charge in [0, 0.05) is 12.1 Å². The van der Waals surface area contributed by atoms with Crippen LogP contribution in [0.25, 0.3) is 10.2 Å². The maximum Gasteiger partial charge on any atom is 0.244 e. The summed E-state index contributed by atoms with van der Waals surface area (Å²) < 4.78 is 6.22. The van der Waals surface area contributed by atoms with Gasteiger partial charge in [-0.15, -0.1) is 0 Å². The van der Waals surface area contributed by atoms with Crippen molar-refractivity contribution < 1.29 is 9.53 Å². The van der Waals surface area contributed by atoms with Gasteiger partial charge in [-0.25, -0.2) is 4.98 Å². The van der Waals surface area contributed by atoms with Crippen LogP contribution in [-0.4, -0.2) is 30.4 Å². The number of rotatable bonds is 3. The number of aliphatic imine (C=N–C) groups is 1. The van der Waals surface area contributed by atoms with Gasteiger partial charge < -0.3 is 15.8 Å². The number of aromatic nitrogens is 1. The molecule has 1 aromatic carbocycles. The predicted molar refractivity (Wildman–Crippen MR) is 84.0 cm³/mol. The minimum Gasteiger partial charge on any atom is -0.497 e. The summed E-state index contributed by atoms with van der Waals surface area (Å²) >= 11 is 1.50. The van der Waals surface area contributed by atoms with E-state index in [9.17, 15) is 4.79 Å². The Kier molecular flexibility index (Phi) is 3.57. The Hall–Kier alpha value is -2.41. The van der Waals surface area contributed by atoms with Gasteiger partial charge >= 0.3 is 0 Å². The number of primary amides is 1. The van der Waals surface area contributed by atoms with E-state index in [0.29, 0.717) is 24.4 Å². The van der Waals surface area contributed by atoms with Gasteiger partial charge in [-0.2, -0.15) is 0 Å². The monoisotopic (exact) mass is 302 g/mol. The van der Waals surface area contributed by atoms with Gasteiger partial charge in [0.25, 0.3) is 0 Å². The van der Waals surface area contributed by atoms with Crippen LogP contribution in [-0.2, 0) is 4.79 Å². The Labute approximate surface area is 125 Å². The maximum atomic E-state index is 11.2. The highest BCUT2D eigenvalue weighted by Crippen LogP contribution is 2.29. The molecular weight excluding hydrogens is 288 g/mol. The number of nitrogens with two attached hydrogens (primary N) is 1. The maximum absolute atomic E-state index is 11.2. The fourth-order valence-electron chi connectivity index (χ4n) is 2.04. The van der Waals surface area contributed by atoms with Crippen molar-refractivity contribution in [3.8, 4) is 5.75 Å². The summed E-state index contributed by atoms with van der Waals surface area (Å²) in [5, 5.41) is 3.85. The van der Waals surface area contributed by atoms with Crippen LogP contribution in [0.2, 0.25) is 0 Å². The number of amides is 1. The first kappa shape index (κ1) is 13.6. The summed E-state index contributed by atoms with van der Waals surface area (Å²) in [7, 11) is 1.63. The highest BCUT2D eigenvalue weighted by atomic mass is 32.1. The molecule has 2 heterocycles. The van der Waals surface area contributed by atoms with Crippen LogP contribution in [0.15, 0.2) is 34.8 Å². The van der Waals surface area contributed by atoms with Gasteiger partial charge in [-0.05, 0) is 30.7 Å². The Morgan fingerprint density at radius 1 is 1.48 bits per heavy atom. The smallest absolute Gasteiger partial charge is 0.244 e. The molecule has 0 saturated carbocycles. The molecule has 3 N–H and O–H groups in total. The number of anilines is 1. The van der Waals surface area contributed by atoms with Crippen molar-refractivity contribution in [2.75, 3.05) is 19.0 Å². The quantitative estimate of drug-likeness (QED) is 0.906. The van der Waals surface area contributed by atoms with Crippen molar-refractivity contribution in [1.29, 1.82) is 0 Å². The van der Waals surface area contributed by atoms with Gasteiger partial charge in [-0.3, -0.25) is 9.79 Å². The lowest BCUT2D eigenvalue weighted by atomic mass is 10.1. The van der Waals surface area contributed by atoms with Gasteiger partial charge in [0.2, 0.25) is 5.91 Å². The number of carbonyl (C=O) groups is 1.